The zero-order valence-corrected chi connectivity index (χ0v) is 8.96. The Morgan fingerprint density at radius 1 is 1.21 bits per heavy atom. The lowest BCUT2D eigenvalue weighted by atomic mass is 10.1. The molecule has 0 aromatic heterocycles. The number of hydrogen-bond donors (Lipinski definition) is 0. The first-order valence-electron chi connectivity index (χ1n) is 5.29. The largest absolute Gasteiger partial charge is 0.497 e. The molecule has 0 saturated heterocycles. The maximum atomic E-state index is 5.17. The molecule has 0 amide bonds. The van der Waals surface area contributed by atoms with Gasteiger partial charge in [0.25, 0.3) is 0 Å². The summed E-state index contributed by atoms with van der Waals surface area (Å²) in [6.07, 6.45) is 5.97. The molecule has 0 spiro atoms. The third-order valence-electron chi connectivity index (χ3n) is 2.35. The van der Waals surface area contributed by atoms with Crippen LogP contribution >= 0.6 is 0 Å². The van der Waals surface area contributed by atoms with E-state index in [0.717, 1.165) is 18.6 Å². The van der Waals surface area contributed by atoms with Crippen LogP contribution in [0.4, 0.5) is 0 Å². The molecule has 0 fully saturated rings. The van der Waals surface area contributed by atoms with Gasteiger partial charge in [-0.05, 0) is 30.5 Å². The van der Waals surface area contributed by atoms with Crippen molar-refractivity contribution in [3.05, 3.63) is 36.8 Å². The Morgan fingerprint density at radius 2 is 2.07 bits per heavy atom. The van der Waals surface area contributed by atoms with Crippen molar-refractivity contribution >= 4 is 0 Å². The maximum absolute atomic E-state index is 5.17. The first-order chi connectivity index (χ1) is 6.86. The van der Waals surface area contributed by atoms with Crippen molar-refractivity contribution in [2.24, 2.45) is 0 Å². The van der Waals surface area contributed by atoms with E-state index in [9.17, 15) is 0 Å². The van der Waals surface area contributed by atoms with Crippen molar-refractivity contribution in [2.75, 3.05) is 7.11 Å². The Kier molecular flexibility index (Phi) is 5.13. The quantitative estimate of drug-likeness (QED) is 0.624. The van der Waals surface area contributed by atoms with Gasteiger partial charge >= 0.3 is 0 Å². The fourth-order valence-electron chi connectivity index (χ4n) is 1.51. The molecule has 0 heterocycles. The van der Waals surface area contributed by atoms with Crippen LogP contribution < -0.4 is 4.74 Å². The first kappa shape index (κ1) is 11.1. The molecule has 1 aromatic carbocycles. The van der Waals surface area contributed by atoms with E-state index in [4.69, 9.17) is 4.74 Å². The van der Waals surface area contributed by atoms with Crippen molar-refractivity contribution in [3.63, 3.8) is 0 Å². The second kappa shape index (κ2) is 6.47. The van der Waals surface area contributed by atoms with Crippen LogP contribution in [0.1, 0.15) is 31.2 Å². The molecule has 14 heavy (non-hydrogen) atoms. The van der Waals surface area contributed by atoms with Gasteiger partial charge in [-0.15, -0.1) is 0 Å². The van der Waals surface area contributed by atoms with Gasteiger partial charge < -0.3 is 4.74 Å². The number of aryl methyl sites for hydroxylation is 1. The van der Waals surface area contributed by atoms with E-state index in [-0.39, 0.29) is 0 Å². The number of benzene rings is 1. The average molecular weight is 191 g/mol. The molecule has 1 rings (SSSR count). The third kappa shape index (κ3) is 3.82. The van der Waals surface area contributed by atoms with Crippen molar-refractivity contribution in [2.45, 2.75) is 32.1 Å². The summed E-state index contributed by atoms with van der Waals surface area (Å²) >= 11 is 0. The summed E-state index contributed by atoms with van der Waals surface area (Å²) in [7, 11) is 1.71. The van der Waals surface area contributed by atoms with Gasteiger partial charge in [0.15, 0.2) is 0 Å². The van der Waals surface area contributed by atoms with Gasteiger partial charge in [0.1, 0.15) is 5.75 Å². The Bertz CT molecular complexity index is 255. The number of ether oxygens (including phenoxy) is 1. The van der Waals surface area contributed by atoms with Gasteiger partial charge in [-0.1, -0.05) is 38.3 Å². The summed E-state index contributed by atoms with van der Waals surface area (Å²) in [5.41, 5.74) is 1.37. The van der Waals surface area contributed by atoms with E-state index in [1.807, 2.05) is 6.07 Å². The molecular weight excluding hydrogens is 172 g/mol. The maximum Gasteiger partial charge on any atom is 0.119 e. The van der Waals surface area contributed by atoms with Gasteiger partial charge in [0.05, 0.1) is 7.11 Å². The summed E-state index contributed by atoms with van der Waals surface area (Å²) in [5.74, 6) is 0.958. The molecule has 1 radical (unpaired) electrons. The van der Waals surface area contributed by atoms with E-state index in [0.29, 0.717) is 0 Å². The second-order valence-corrected chi connectivity index (χ2v) is 3.52. The standard InChI is InChI=1S/C13H19O/c1-3-4-5-6-8-12-9-7-10-13(11-12)14-2/h7,9-11H,1,3-6,8H2,2H3. The molecule has 1 nitrogen and oxygen atoms in total. The summed E-state index contributed by atoms with van der Waals surface area (Å²) in [5, 5.41) is 0. The van der Waals surface area contributed by atoms with E-state index in [1.165, 1.54) is 24.8 Å². The number of unbranched alkanes of at least 4 members (excludes halogenated alkanes) is 3. The van der Waals surface area contributed by atoms with Crippen LogP contribution in [0.25, 0.3) is 0 Å². The van der Waals surface area contributed by atoms with Gasteiger partial charge in [-0.25, -0.2) is 0 Å². The Balaban J connectivity index is 2.34. The molecule has 1 heteroatoms. The SMILES string of the molecule is [CH2]CCCCCc1cccc(OC)c1. The lowest BCUT2D eigenvalue weighted by Gasteiger charge is -2.03. The fourth-order valence-corrected chi connectivity index (χ4v) is 1.51. The predicted octanol–water partition coefficient (Wildman–Crippen LogP) is 3.63. The number of hydrogen-bond acceptors (Lipinski definition) is 1. The lowest BCUT2D eigenvalue weighted by Crippen LogP contribution is -1.88. The van der Waals surface area contributed by atoms with Crippen molar-refractivity contribution in [1.82, 2.24) is 0 Å². The minimum absolute atomic E-state index is 0.958. The molecule has 0 N–H and O–H groups in total. The lowest BCUT2D eigenvalue weighted by molar-refractivity contribution is 0.414. The molecule has 77 valence electrons. The molecule has 0 aliphatic heterocycles. The van der Waals surface area contributed by atoms with Gasteiger partial charge in [0.2, 0.25) is 0 Å². The van der Waals surface area contributed by atoms with Crippen molar-refractivity contribution in [1.29, 1.82) is 0 Å². The van der Waals surface area contributed by atoms with Crippen LogP contribution in [0.15, 0.2) is 24.3 Å². The minimum atomic E-state index is 0.958. The minimum Gasteiger partial charge on any atom is -0.497 e. The Labute approximate surface area is 87.1 Å². The molecule has 0 aliphatic rings. The summed E-state index contributed by atoms with van der Waals surface area (Å²) in [6.45, 7) is 3.84. The predicted molar refractivity (Wildman–Crippen MR) is 60.5 cm³/mol. The Morgan fingerprint density at radius 3 is 2.79 bits per heavy atom. The van der Waals surface area contributed by atoms with Crippen LogP contribution in [0.5, 0.6) is 5.75 Å². The normalized spacial score (nSPS) is 10.1. The molecule has 0 bridgehead atoms. The zero-order valence-electron chi connectivity index (χ0n) is 8.96. The van der Waals surface area contributed by atoms with Crippen LogP contribution in [0.3, 0.4) is 0 Å². The Hall–Kier alpha value is -0.980. The van der Waals surface area contributed by atoms with Crippen LogP contribution in [-0.4, -0.2) is 7.11 Å². The highest BCUT2D eigenvalue weighted by Gasteiger charge is 1.95. The molecule has 0 atom stereocenters. The van der Waals surface area contributed by atoms with E-state index < -0.39 is 0 Å². The monoisotopic (exact) mass is 191 g/mol. The summed E-state index contributed by atoms with van der Waals surface area (Å²) in [6, 6.07) is 8.31. The van der Waals surface area contributed by atoms with Crippen molar-refractivity contribution in [3.8, 4) is 5.75 Å². The highest BCUT2D eigenvalue weighted by atomic mass is 16.5. The topological polar surface area (TPSA) is 9.23 Å². The average Bonchev–Trinajstić information content (AvgIpc) is 2.25. The summed E-state index contributed by atoms with van der Waals surface area (Å²) < 4.78 is 5.17. The van der Waals surface area contributed by atoms with Gasteiger partial charge in [0, 0.05) is 0 Å². The van der Waals surface area contributed by atoms with Gasteiger partial charge in [-0.2, -0.15) is 0 Å². The van der Waals surface area contributed by atoms with E-state index in [2.05, 4.69) is 25.1 Å². The van der Waals surface area contributed by atoms with E-state index >= 15 is 0 Å². The molecule has 0 aliphatic carbocycles. The highest BCUT2D eigenvalue weighted by molar-refractivity contribution is 5.28. The van der Waals surface area contributed by atoms with Crippen LogP contribution in [0, 0.1) is 6.92 Å². The van der Waals surface area contributed by atoms with Crippen LogP contribution in [-0.2, 0) is 6.42 Å². The zero-order chi connectivity index (χ0) is 10.2. The second-order valence-electron chi connectivity index (χ2n) is 3.52. The smallest absolute Gasteiger partial charge is 0.119 e. The molecule has 1 aromatic rings. The van der Waals surface area contributed by atoms with Crippen molar-refractivity contribution < 1.29 is 4.74 Å². The summed E-state index contributed by atoms with van der Waals surface area (Å²) in [4.78, 5) is 0. The molecule has 0 unspecified atom stereocenters. The highest BCUT2D eigenvalue weighted by Crippen LogP contribution is 2.14. The van der Waals surface area contributed by atoms with Gasteiger partial charge in [-0.3, -0.25) is 0 Å². The van der Waals surface area contributed by atoms with Crippen LogP contribution in [0.2, 0.25) is 0 Å². The molecular formula is C13H19O. The first-order valence-corrected chi connectivity index (χ1v) is 5.29. The number of methoxy groups -OCH3 is 1. The number of rotatable bonds is 6. The molecule has 0 saturated carbocycles. The third-order valence-corrected chi connectivity index (χ3v) is 2.35. The van der Waals surface area contributed by atoms with E-state index in [1.54, 1.807) is 7.11 Å². The fraction of sp³-hybridized carbons (Fsp3) is 0.462.